The van der Waals surface area contributed by atoms with Crippen molar-refractivity contribution in [3.63, 3.8) is 0 Å². The van der Waals surface area contributed by atoms with Gasteiger partial charge in [-0.3, -0.25) is 14.9 Å². The van der Waals surface area contributed by atoms with Crippen LogP contribution in [0.5, 0.6) is 0 Å². The van der Waals surface area contributed by atoms with E-state index in [-0.39, 0.29) is 16.7 Å². The van der Waals surface area contributed by atoms with Gasteiger partial charge in [-0.2, -0.15) is 5.10 Å². The summed E-state index contributed by atoms with van der Waals surface area (Å²) in [6.07, 6.45) is 1.07. The summed E-state index contributed by atoms with van der Waals surface area (Å²) in [5.41, 5.74) is 0.923. The molecule has 1 unspecified atom stereocenters. The van der Waals surface area contributed by atoms with Crippen molar-refractivity contribution < 1.29 is 9.66 Å². The molecule has 2 N–H and O–H groups in total. The highest BCUT2D eigenvalue weighted by molar-refractivity contribution is 7.12. The van der Waals surface area contributed by atoms with Crippen LogP contribution in [0.15, 0.2) is 23.0 Å². The molecule has 0 radical (unpaired) electrons. The summed E-state index contributed by atoms with van der Waals surface area (Å²) in [4.78, 5) is 21.5. The van der Waals surface area contributed by atoms with Crippen molar-refractivity contribution in [3.05, 3.63) is 38.0 Å². The monoisotopic (exact) mass is 308 g/mol. The Morgan fingerprint density at radius 2 is 2.38 bits per heavy atom. The van der Waals surface area contributed by atoms with Crippen molar-refractivity contribution in [3.8, 4) is 10.6 Å². The fraction of sp³-hybridized carbons (Fsp3) is 0.333. The molecule has 1 aliphatic heterocycles. The molecule has 110 valence electrons. The summed E-state index contributed by atoms with van der Waals surface area (Å²) in [5, 5.41) is 20.8. The van der Waals surface area contributed by atoms with Gasteiger partial charge in [0.2, 0.25) is 0 Å². The highest BCUT2D eigenvalue weighted by atomic mass is 32.1. The molecular formula is C12H12N4O4S. The van der Waals surface area contributed by atoms with Crippen LogP contribution in [-0.2, 0) is 4.74 Å². The Balaban J connectivity index is 1.86. The van der Waals surface area contributed by atoms with Gasteiger partial charge in [-0.15, -0.1) is 0 Å². The quantitative estimate of drug-likeness (QED) is 0.641. The van der Waals surface area contributed by atoms with E-state index in [1.165, 1.54) is 6.07 Å². The number of H-pyrrole nitrogens is 1. The average Bonchev–Trinajstić information content (AvgIpc) is 2.83. The number of nitrogens with one attached hydrogen (secondary N) is 2. The second-order valence-electron chi connectivity index (χ2n) is 4.57. The number of hydrogen-bond acceptors (Lipinski definition) is 7. The van der Waals surface area contributed by atoms with Gasteiger partial charge >= 0.3 is 4.87 Å². The number of aromatic nitrogens is 2. The Morgan fingerprint density at radius 1 is 1.57 bits per heavy atom. The third kappa shape index (κ3) is 2.93. The number of nitrogens with zero attached hydrogens (tertiary/aromatic N) is 2. The topological polar surface area (TPSA) is 110 Å². The lowest BCUT2D eigenvalue weighted by Gasteiger charge is -2.26. The zero-order valence-corrected chi connectivity index (χ0v) is 11.7. The number of nitro benzene ring substituents is 1. The molecule has 1 aromatic heterocycles. The first-order valence-electron chi connectivity index (χ1n) is 6.33. The normalized spacial score (nSPS) is 17.2. The van der Waals surface area contributed by atoms with Gasteiger partial charge in [-0.05, 0) is 18.6 Å². The van der Waals surface area contributed by atoms with Crippen molar-refractivity contribution in [2.24, 2.45) is 0 Å². The van der Waals surface area contributed by atoms with E-state index >= 15 is 0 Å². The van der Waals surface area contributed by atoms with Gasteiger partial charge < -0.3 is 10.1 Å². The van der Waals surface area contributed by atoms with Crippen molar-refractivity contribution in [2.75, 3.05) is 18.5 Å². The second-order valence-corrected chi connectivity index (χ2v) is 5.53. The number of hydrogen-bond donors (Lipinski definition) is 2. The van der Waals surface area contributed by atoms with Crippen LogP contribution in [0.25, 0.3) is 10.6 Å². The molecule has 1 fully saturated rings. The zero-order valence-electron chi connectivity index (χ0n) is 10.9. The van der Waals surface area contributed by atoms with E-state index in [9.17, 15) is 14.9 Å². The molecule has 2 aromatic rings. The number of rotatable bonds is 5. The van der Waals surface area contributed by atoms with E-state index in [0.29, 0.717) is 22.8 Å². The van der Waals surface area contributed by atoms with Crippen LogP contribution < -0.4 is 10.2 Å². The van der Waals surface area contributed by atoms with Crippen molar-refractivity contribution in [1.82, 2.24) is 10.2 Å². The summed E-state index contributed by atoms with van der Waals surface area (Å²) in [6, 6.07) is 4.73. The van der Waals surface area contributed by atoms with Gasteiger partial charge in [0.1, 0.15) is 10.7 Å². The molecule has 0 aliphatic carbocycles. The highest BCUT2D eigenvalue weighted by Crippen LogP contribution is 2.30. The van der Waals surface area contributed by atoms with Crippen molar-refractivity contribution in [1.29, 1.82) is 0 Å². The molecule has 1 aromatic carbocycles. The predicted octanol–water partition coefficient (Wildman–Crippen LogP) is 1.61. The minimum absolute atomic E-state index is 0.0468. The van der Waals surface area contributed by atoms with Crippen LogP contribution in [0.4, 0.5) is 11.4 Å². The number of ether oxygens (including phenoxy) is 1. The third-order valence-corrected chi connectivity index (χ3v) is 3.99. The highest BCUT2D eigenvalue weighted by Gasteiger charge is 2.21. The van der Waals surface area contributed by atoms with Crippen LogP contribution >= 0.6 is 11.3 Å². The molecule has 0 spiro atoms. The maximum atomic E-state index is 11.2. The first kappa shape index (κ1) is 13.7. The van der Waals surface area contributed by atoms with Crippen LogP contribution in [0.2, 0.25) is 0 Å². The maximum Gasteiger partial charge on any atom is 0.322 e. The third-order valence-electron chi connectivity index (χ3n) is 3.19. The second kappa shape index (κ2) is 5.62. The van der Waals surface area contributed by atoms with E-state index in [1.54, 1.807) is 12.1 Å². The fourth-order valence-corrected chi connectivity index (χ4v) is 2.59. The summed E-state index contributed by atoms with van der Waals surface area (Å²) in [5.74, 6) is 0. The molecule has 21 heavy (non-hydrogen) atoms. The molecule has 2 heterocycles. The minimum Gasteiger partial charge on any atom is -0.377 e. The van der Waals surface area contributed by atoms with Gasteiger partial charge in [0.05, 0.1) is 11.0 Å². The molecule has 0 amide bonds. The molecular weight excluding hydrogens is 296 g/mol. The van der Waals surface area contributed by atoms with Crippen LogP contribution in [0.3, 0.4) is 0 Å². The van der Waals surface area contributed by atoms with Crippen LogP contribution in [0, 0.1) is 10.1 Å². The molecule has 9 heteroatoms. The van der Waals surface area contributed by atoms with Crippen molar-refractivity contribution >= 4 is 22.7 Å². The smallest absolute Gasteiger partial charge is 0.322 e. The van der Waals surface area contributed by atoms with Crippen LogP contribution in [-0.4, -0.2) is 34.4 Å². The number of nitro groups is 1. The summed E-state index contributed by atoms with van der Waals surface area (Å²) >= 11 is 0.913. The average molecular weight is 308 g/mol. The lowest BCUT2D eigenvalue weighted by molar-refractivity contribution is -0.383. The summed E-state index contributed by atoms with van der Waals surface area (Å²) < 4.78 is 5.27. The predicted molar refractivity (Wildman–Crippen MR) is 77.7 cm³/mol. The Hall–Kier alpha value is -2.26. The Labute approximate surface area is 122 Å². The summed E-state index contributed by atoms with van der Waals surface area (Å²) in [7, 11) is 0. The van der Waals surface area contributed by atoms with Gasteiger partial charge in [0, 0.05) is 24.8 Å². The number of anilines is 1. The molecule has 3 rings (SSSR count). The minimum atomic E-state index is -0.455. The Bertz CT molecular complexity index is 722. The Morgan fingerprint density at radius 3 is 2.95 bits per heavy atom. The molecule has 0 saturated carbocycles. The number of aromatic amines is 1. The van der Waals surface area contributed by atoms with E-state index in [4.69, 9.17) is 4.74 Å². The lowest BCUT2D eigenvalue weighted by Crippen LogP contribution is -2.33. The first-order chi connectivity index (χ1) is 10.1. The zero-order chi connectivity index (χ0) is 14.8. The van der Waals surface area contributed by atoms with E-state index < -0.39 is 4.92 Å². The summed E-state index contributed by atoms with van der Waals surface area (Å²) in [6.45, 7) is 1.28. The van der Waals surface area contributed by atoms with Crippen LogP contribution in [0.1, 0.15) is 6.42 Å². The van der Waals surface area contributed by atoms with Gasteiger partial charge in [-0.1, -0.05) is 11.3 Å². The van der Waals surface area contributed by atoms with Crippen molar-refractivity contribution in [2.45, 2.75) is 12.5 Å². The lowest BCUT2D eigenvalue weighted by atomic mass is 10.1. The van der Waals surface area contributed by atoms with Gasteiger partial charge in [0.25, 0.3) is 5.69 Å². The Kier molecular flexibility index (Phi) is 3.67. The fourth-order valence-electron chi connectivity index (χ4n) is 1.99. The standard InChI is InChI=1S/C12H12N4O4S/c17-12-15-14-11(21-12)7-1-2-9(10(5-7)16(18)19)13-6-8-3-4-20-8/h1-2,5,8,13H,3-4,6H2,(H,15,17). The number of benzene rings is 1. The largest absolute Gasteiger partial charge is 0.377 e. The SMILES string of the molecule is O=c1[nH]nc(-c2ccc(NCC3CCO3)c([N+](=O)[O-])c2)s1. The maximum absolute atomic E-state index is 11.2. The van der Waals surface area contributed by atoms with E-state index in [2.05, 4.69) is 15.5 Å². The molecule has 1 saturated heterocycles. The molecule has 1 atom stereocenters. The molecule has 1 aliphatic rings. The van der Waals surface area contributed by atoms with Gasteiger partial charge in [0.15, 0.2) is 0 Å². The van der Waals surface area contributed by atoms with E-state index in [0.717, 1.165) is 24.4 Å². The molecule has 8 nitrogen and oxygen atoms in total. The first-order valence-corrected chi connectivity index (χ1v) is 7.15. The van der Waals surface area contributed by atoms with E-state index in [1.807, 2.05) is 0 Å². The molecule has 0 bridgehead atoms. The van der Waals surface area contributed by atoms with Gasteiger partial charge in [-0.25, -0.2) is 5.10 Å².